The first-order chi connectivity index (χ1) is 5.68. The molecule has 0 radical (unpaired) electrons. The Morgan fingerprint density at radius 1 is 1.25 bits per heavy atom. The van der Waals surface area contributed by atoms with Crippen molar-refractivity contribution >= 4 is 0 Å². The van der Waals surface area contributed by atoms with Crippen molar-refractivity contribution in [2.75, 3.05) is 27.4 Å². The molecule has 0 aromatic carbocycles. The van der Waals surface area contributed by atoms with Crippen LogP contribution in [0.2, 0.25) is 0 Å². The number of rotatable bonds is 6. The molecule has 0 spiro atoms. The maximum absolute atomic E-state index is 8.75. The molecule has 0 amide bonds. The second-order valence-electron chi connectivity index (χ2n) is 2.75. The van der Waals surface area contributed by atoms with E-state index in [1.165, 1.54) is 0 Å². The Kier molecular flexibility index (Phi) is 5.64. The monoisotopic (exact) mass is 172 g/mol. The molecule has 0 saturated carbocycles. The summed E-state index contributed by atoms with van der Waals surface area (Å²) in [5, 5.41) is 8.75. The predicted octanol–water partition coefficient (Wildman–Crippen LogP) is 0.280. The minimum absolute atomic E-state index is 0.508. The number of nitrogens with two attached hydrogens (primary N) is 1. The molecule has 70 valence electrons. The molecule has 2 N–H and O–H groups in total. The third-order valence-corrected chi connectivity index (χ3v) is 1.73. The average molecular weight is 172 g/mol. The summed E-state index contributed by atoms with van der Waals surface area (Å²) in [7, 11) is 3.18. The summed E-state index contributed by atoms with van der Waals surface area (Å²) in [6, 6.07) is 2.07. The SMILES string of the molecule is COCCC(N)(C#N)CCOC. The molecule has 0 bridgehead atoms. The summed E-state index contributed by atoms with van der Waals surface area (Å²) in [6.07, 6.45) is 1.09. The number of hydrogen-bond donors (Lipinski definition) is 1. The van der Waals surface area contributed by atoms with E-state index in [0.717, 1.165) is 0 Å². The molecule has 0 aromatic rings. The van der Waals surface area contributed by atoms with Crippen LogP contribution in [0.25, 0.3) is 0 Å². The Morgan fingerprint density at radius 3 is 1.92 bits per heavy atom. The molecule has 4 heteroatoms. The largest absolute Gasteiger partial charge is 0.385 e. The van der Waals surface area contributed by atoms with E-state index in [9.17, 15) is 0 Å². The molecule has 0 unspecified atom stereocenters. The summed E-state index contributed by atoms with van der Waals surface area (Å²) >= 11 is 0. The van der Waals surface area contributed by atoms with Gasteiger partial charge in [-0.3, -0.25) is 0 Å². The van der Waals surface area contributed by atoms with E-state index >= 15 is 0 Å². The fraction of sp³-hybridized carbons (Fsp3) is 0.875. The first-order valence-corrected chi connectivity index (χ1v) is 3.86. The Bertz CT molecular complexity index is 146. The van der Waals surface area contributed by atoms with E-state index in [1.54, 1.807) is 14.2 Å². The van der Waals surface area contributed by atoms with Crippen molar-refractivity contribution in [2.45, 2.75) is 18.4 Å². The number of methoxy groups -OCH3 is 2. The van der Waals surface area contributed by atoms with E-state index in [2.05, 4.69) is 6.07 Å². The molecule has 0 atom stereocenters. The van der Waals surface area contributed by atoms with Crippen LogP contribution >= 0.6 is 0 Å². The fourth-order valence-corrected chi connectivity index (χ4v) is 0.805. The van der Waals surface area contributed by atoms with Crippen LogP contribution in [-0.2, 0) is 9.47 Å². The quantitative estimate of drug-likeness (QED) is 0.625. The highest BCUT2D eigenvalue weighted by Gasteiger charge is 2.23. The van der Waals surface area contributed by atoms with Gasteiger partial charge >= 0.3 is 0 Å². The van der Waals surface area contributed by atoms with E-state index in [-0.39, 0.29) is 0 Å². The van der Waals surface area contributed by atoms with E-state index in [0.29, 0.717) is 26.1 Å². The molecule has 0 aliphatic heterocycles. The van der Waals surface area contributed by atoms with Gasteiger partial charge < -0.3 is 15.2 Å². The summed E-state index contributed by atoms with van der Waals surface area (Å²) in [5.41, 5.74) is 4.95. The van der Waals surface area contributed by atoms with Gasteiger partial charge in [0.15, 0.2) is 0 Å². The topological polar surface area (TPSA) is 68.3 Å². The lowest BCUT2D eigenvalue weighted by atomic mass is 9.95. The Hall–Kier alpha value is -0.630. The molecule has 0 aliphatic carbocycles. The van der Waals surface area contributed by atoms with Crippen LogP contribution in [0.3, 0.4) is 0 Å². The Labute approximate surface area is 73.3 Å². The molecular weight excluding hydrogens is 156 g/mol. The maximum Gasteiger partial charge on any atom is 0.108 e. The van der Waals surface area contributed by atoms with Gasteiger partial charge in [0.1, 0.15) is 5.54 Å². The Morgan fingerprint density at radius 2 is 1.67 bits per heavy atom. The van der Waals surface area contributed by atoms with Crippen molar-refractivity contribution in [3.63, 3.8) is 0 Å². The van der Waals surface area contributed by atoms with Crippen molar-refractivity contribution < 1.29 is 9.47 Å². The lowest BCUT2D eigenvalue weighted by Crippen LogP contribution is -2.40. The van der Waals surface area contributed by atoms with Crippen molar-refractivity contribution in [2.24, 2.45) is 5.73 Å². The highest BCUT2D eigenvalue weighted by atomic mass is 16.5. The smallest absolute Gasteiger partial charge is 0.108 e. The van der Waals surface area contributed by atoms with E-state index in [1.807, 2.05) is 0 Å². The summed E-state index contributed by atoms with van der Waals surface area (Å²) in [6.45, 7) is 1.02. The molecule has 12 heavy (non-hydrogen) atoms. The van der Waals surface area contributed by atoms with Crippen LogP contribution in [0.5, 0.6) is 0 Å². The number of nitriles is 1. The van der Waals surface area contributed by atoms with Crippen molar-refractivity contribution in [1.82, 2.24) is 0 Å². The van der Waals surface area contributed by atoms with Gasteiger partial charge in [-0.25, -0.2) is 0 Å². The number of ether oxygens (including phenoxy) is 2. The standard InChI is InChI=1S/C8H16N2O2/c1-11-5-3-8(10,7-9)4-6-12-2/h3-6,10H2,1-2H3. The van der Waals surface area contributed by atoms with Gasteiger partial charge in [-0.05, 0) is 0 Å². The van der Waals surface area contributed by atoms with Crippen molar-refractivity contribution in [3.8, 4) is 6.07 Å². The second kappa shape index (κ2) is 5.95. The van der Waals surface area contributed by atoms with Gasteiger partial charge in [-0.15, -0.1) is 0 Å². The van der Waals surface area contributed by atoms with Crippen LogP contribution in [0, 0.1) is 11.3 Å². The minimum atomic E-state index is -0.800. The molecule has 0 fully saturated rings. The van der Waals surface area contributed by atoms with Crippen LogP contribution in [-0.4, -0.2) is 33.0 Å². The van der Waals surface area contributed by atoms with Crippen molar-refractivity contribution in [1.29, 1.82) is 5.26 Å². The van der Waals surface area contributed by atoms with Gasteiger partial charge in [-0.2, -0.15) is 5.26 Å². The van der Waals surface area contributed by atoms with Crippen LogP contribution < -0.4 is 5.73 Å². The molecule has 0 aliphatic rings. The zero-order valence-corrected chi connectivity index (χ0v) is 7.67. The van der Waals surface area contributed by atoms with Gasteiger partial charge in [0.05, 0.1) is 6.07 Å². The normalized spacial score (nSPS) is 11.2. The van der Waals surface area contributed by atoms with Crippen LogP contribution in [0.15, 0.2) is 0 Å². The highest BCUT2D eigenvalue weighted by Crippen LogP contribution is 2.10. The summed E-state index contributed by atoms with van der Waals surface area (Å²) in [4.78, 5) is 0. The molecular formula is C8H16N2O2. The molecule has 0 saturated heterocycles. The zero-order chi connectivity index (χ0) is 9.45. The van der Waals surface area contributed by atoms with Gasteiger partial charge in [-0.1, -0.05) is 0 Å². The molecule has 0 heterocycles. The maximum atomic E-state index is 8.75. The highest BCUT2D eigenvalue weighted by molar-refractivity contribution is 5.04. The molecule has 0 aromatic heterocycles. The van der Waals surface area contributed by atoms with Gasteiger partial charge in [0, 0.05) is 40.3 Å². The van der Waals surface area contributed by atoms with Gasteiger partial charge in [0.2, 0.25) is 0 Å². The average Bonchev–Trinajstić information content (AvgIpc) is 2.11. The van der Waals surface area contributed by atoms with E-state index < -0.39 is 5.54 Å². The van der Waals surface area contributed by atoms with Crippen LogP contribution in [0.4, 0.5) is 0 Å². The number of hydrogen-bond acceptors (Lipinski definition) is 4. The zero-order valence-electron chi connectivity index (χ0n) is 7.67. The first kappa shape index (κ1) is 11.4. The van der Waals surface area contributed by atoms with Gasteiger partial charge in [0.25, 0.3) is 0 Å². The van der Waals surface area contributed by atoms with Crippen molar-refractivity contribution in [3.05, 3.63) is 0 Å². The lowest BCUT2D eigenvalue weighted by Gasteiger charge is -2.20. The summed E-state index contributed by atoms with van der Waals surface area (Å²) < 4.78 is 9.69. The Balaban J connectivity index is 3.81. The fourth-order valence-electron chi connectivity index (χ4n) is 0.805. The third-order valence-electron chi connectivity index (χ3n) is 1.73. The van der Waals surface area contributed by atoms with E-state index in [4.69, 9.17) is 20.5 Å². The minimum Gasteiger partial charge on any atom is -0.385 e. The lowest BCUT2D eigenvalue weighted by molar-refractivity contribution is 0.149. The first-order valence-electron chi connectivity index (χ1n) is 3.86. The predicted molar refractivity (Wildman–Crippen MR) is 45.5 cm³/mol. The third kappa shape index (κ3) is 4.29. The molecule has 4 nitrogen and oxygen atoms in total. The number of nitrogens with zero attached hydrogens (tertiary/aromatic N) is 1. The molecule has 0 rings (SSSR count). The summed E-state index contributed by atoms with van der Waals surface area (Å²) in [5.74, 6) is 0. The second-order valence-corrected chi connectivity index (χ2v) is 2.75. The van der Waals surface area contributed by atoms with Crippen LogP contribution in [0.1, 0.15) is 12.8 Å².